The number of esters is 1. The van der Waals surface area contributed by atoms with Crippen LogP contribution in [0.2, 0.25) is 0 Å². The molecule has 0 aromatic carbocycles. The third-order valence-electron chi connectivity index (χ3n) is 4.23. The molecule has 0 spiro atoms. The number of hydrogen-bond donors (Lipinski definition) is 2. The van der Waals surface area contributed by atoms with Gasteiger partial charge in [-0.15, -0.1) is 0 Å². The Balaban J connectivity index is 2.74. The molecule has 0 bridgehead atoms. The van der Waals surface area contributed by atoms with Crippen molar-refractivity contribution in [1.29, 1.82) is 0 Å². The second kappa shape index (κ2) is 5.57. The lowest BCUT2D eigenvalue weighted by Crippen LogP contribution is -2.61. The highest BCUT2D eigenvalue weighted by Gasteiger charge is 2.75. The van der Waals surface area contributed by atoms with E-state index in [0.717, 1.165) is 4.57 Å². The first-order valence-electron chi connectivity index (χ1n) is 6.98. The summed E-state index contributed by atoms with van der Waals surface area (Å²) in [5.74, 6) is -9.76. The van der Waals surface area contributed by atoms with E-state index in [1.54, 1.807) is 0 Å². The van der Waals surface area contributed by atoms with Gasteiger partial charge in [-0.25, -0.2) is 4.98 Å². The monoisotopic (exact) mass is 357 g/mol. The van der Waals surface area contributed by atoms with Crippen molar-refractivity contribution in [2.24, 2.45) is 13.0 Å². The Morgan fingerprint density at radius 3 is 2.33 bits per heavy atom. The van der Waals surface area contributed by atoms with Crippen molar-refractivity contribution in [2.45, 2.75) is 37.5 Å². The highest BCUT2D eigenvalue weighted by atomic mass is 19.4. The van der Waals surface area contributed by atoms with E-state index in [4.69, 9.17) is 5.73 Å². The van der Waals surface area contributed by atoms with Crippen LogP contribution in [0.1, 0.15) is 24.4 Å². The molecule has 1 aromatic heterocycles. The Kier molecular flexibility index (Phi) is 4.28. The summed E-state index contributed by atoms with van der Waals surface area (Å²) in [7, 11) is 1.28. The van der Waals surface area contributed by atoms with E-state index in [-0.39, 0.29) is 18.9 Å². The van der Waals surface area contributed by atoms with Crippen LogP contribution in [-0.2, 0) is 22.2 Å². The Labute approximate surface area is 133 Å². The van der Waals surface area contributed by atoms with E-state index in [1.165, 1.54) is 14.0 Å². The summed E-state index contributed by atoms with van der Waals surface area (Å²) >= 11 is 0. The van der Waals surface area contributed by atoms with E-state index >= 15 is 0 Å². The Morgan fingerprint density at radius 1 is 1.33 bits per heavy atom. The molecule has 24 heavy (non-hydrogen) atoms. The molecule has 1 aromatic rings. The molecule has 6 nitrogen and oxygen atoms in total. The smallest absolute Gasteiger partial charge is 0.456 e. The normalized spacial score (nSPS) is 22.2. The first kappa shape index (κ1) is 18.4. The fourth-order valence-electron chi connectivity index (χ4n) is 2.71. The predicted octanol–water partition coefficient (Wildman–Crippen LogP) is 1.65. The lowest BCUT2D eigenvalue weighted by Gasteiger charge is -2.41. The molecule has 0 amide bonds. The quantitative estimate of drug-likeness (QED) is 0.634. The number of nitrogen functional groups attached to an aromatic ring is 1. The second-order valence-electron chi connectivity index (χ2n) is 5.65. The van der Waals surface area contributed by atoms with Gasteiger partial charge in [-0.3, -0.25) is 4.79 Å². The van der Waals surface area contributed by atoms with Crippen molar-refractivity contribution in [3.63, 3.8) is 0 Å². The number of nitrogens with zero attached hydrogens (tertiary/aromatic N) is 2. The predicted molar refractivity (Wildman–Crippen MR) is 70.9 cm³/mol. The van der Waals surface area contributed by atoms with Gasteiger partial charge in [0.15, 0.2) is 5.60 Å². The highest BCUT2D eigenvalue weighted by molar-refractivity contribution is 5.75. The second-order valence-corrected chi connectivity index (χ2v) is 5.65. The zero-order chi connectivity index (χ0) is 18.5. The van der Waals surface area contributed by atoms with Gasteiger partial charge in [0, 0.05) is 7.05 Å². The maximum Gasteiger partial charge on any atom is 0.456 e. The maximum absolute atomic E-state index is 14.3. The highest BCUT2D eigenvalue weighted by Crippen LogP contribution is 2.54. The molecule has 2 unspecified atom stereocenters. The number of nitrogens with two attached hydrogens (primary N) is 1. The van der Waals surface area contributed by atoms with Crippen LogP contribution in [0.4, 0.5) is 27.8 Å². The zero-order valence-corrected chi connectivity index (χ0v) is 12.8. The molecule has 1 saturated heterocycles. The molecular formula is C13H16F5N3O3. The minimum absolute atomic E-state index is 0.00285. The number of cyclic esters (lactones) is 1. The lowest BCUT2D eigenvalue weighted by atomic mass is 9.75. The van der Waals surface area contributed by atoms with Crippen LogP contribution < -0.4 is 5.73 Å². The van der Waals surface area contributed by atoms with Gasteiger partial charge < -0.3 is 20.1 Å². The van der Waals surface area contributed by atoms with E-state index in [2.05, 4.69) is 9.72 Å². The minimum atomic E-state index is -6.13. The molecule has 3 N–H and O–H groups in total. The molecule has 2 heterocycles. The first-order valence-corrected chi connectivity index (χ1v) is 6.98. The van der Waals surface area contributed by atoms with Gasteiger partial charge in [-0.1, -0.05) is 0 Å². The summed E-state index contributed by atoms with van der Waals surface area (Å²) in [5.41, 5.74) is 0.507. The molecule has 2 atom stereocenters. The summed E-state index contributed by atoms with van der Waals surface area (Å²) in [6, 6.07) is 0. The number of imidazole rings is 1. The average Bonchev–Trinajstić information content (AvgIpc) is 2.73. The van der Waals surface area contributed by atoms with E-state index in [9.17, 15) is 31.9 Å². The number of aliphatic hydroxyl groups is 1. The Hall–Kier alpha value is -1.91. The summed E-state index contributed by atoms with van der Waals surface area (Å²) in [6.07, 6.45) is -6.52. The zero-order valence-electron chi connectivity index (χ0n) is 12.8. The fraction of sp³-hybridized carbons (Fsp3) is 0.692. The number of alkyl halides is 5. The van der Waals surface area contributed by atoms with Crippen LogP contribution in [0.5, 0.6) is 0 Å². The van der Waals surface area contributed by atoms with E-state index < -0.39 is 47.5 Å². The summed E-state index contributed by atoms with van der Waals surface area (Å²) in [6.45, 7) is 1.19. The molecule has 1 aliphatic heterocycles. The Morgan fingerprint density at radius 2 is 1.92 bits per heavy atom. The molecule has 136 valence electrons. The molecule has 11 heteroatoms. The molecular weight excluding hydrogens is 341 g/mol. The van der Waals surface area contributed by atoms with E-state index in [1.807, 2.05) is 0 Å². The van der Waals surface area contributed by atoms with Gasteiger partial charge in [0.1, 0.15) is 17.3 Å². The first-order chi connectivity index (χ1) is 10.9. The lowest BCUT2D eigenvalue weighted by molar-refractivity contribution is -0.357. The van der Waals surface area contributed by atoms with Gasteiger partial charge in [-0.2, -0.15) is 22.0 Å². The molecule has 0 aliphatic carbocycles. The minimum Gasteiger partial charge on any atom is -0.465 e. The van der Waals surface area contributed by atoms with Crippen LogP contribution in [0, 0.1) is 12.8 Å². The average molecular weight is 357 g/mol. The number of carbonyl (C=O) groups excluding carboxylic acids is 1. The molecule has 1 fully saturated rings. The SMILES string of the molecule is Cc1nc(C(O)(C2CCCOC2=O)C(F)(F)C(F)(F)F)c(N)n1C. The van der Waals surface area contributed by atoms with Crippen LogP contribution in [0.25, 0.3) is 0 Å². The van der Waals surface area contributed by atoms with Crippen LogP contribution >= 0.6 is 0 Å². The van der Waals surface area contributed by atoms with Crippen LogP contribution in [0.15, 0.2) is 0 Å². The topological polar surface area (TPSA) is 90.4 Å². The molecule has 1 aliphatic rings. The van der Waals surface area contributed by atoms with Crippen molar-refractivity contribution < 1.29 is 36.6 Å². The molecule has 2 rings (SSSR count). The van der Waals surface area contributed by atoms with Crippen molar-refractivity contribution >= 4 is 11.8 Å². The van der Waals surface area contributed by atoms with Crippen LogP contribution in [-0.4, -0.2) is 39.3 Å². The number of aryl methyl sites for hydroxylation is 1. The molecule has 0 saturated carbocycles. The van der Waals surface area contributed by atoms with Crippen molar-refractivity contribution in [3.05, 3.63) is 11.5 Å². The number of carbonyl (C=O) groups is 1. The van der Waals surface area contributed by atoms with Gasteiger partial charge in [0.05, 0.1) is 12.5 Å². The molecule has 0 radical (unpaired) electrons. The number of aromatic nitrogens is 2. The van der Waals surface area contributed by atoms with Gasteiger partial charge in [-0.05, 0) is 19.8 Å². The third-order valence-corrected chi connectivity index (χ3v) is 4.23. The van der Waals surface area contributed by atoms with Gasteiger partial charge in [0.25, 0.3) is 0 Å². The number of anilines is 1. The largest absolute Gasteiger partial charge is 0.465 e. The van der Waals surface area contributed by atoms with Crippen molar-refractivity contribution in [1.82, 2.24) is 9.55 Å². The number of ether oxygens (including phenoxy) is 1. The van der Waals surface area contributed by atoms with Gasteiger partial charge in [0.2, 0.25) is 0 Å². The number of rotatable bonds is 3. The summed E-state index contributed by atoms with van der Waals surface area (Å²) in [4.78, 5) is 15.4. The Bertz CT molecular complexity index is 658. The fourth-order valence-corrected chi connectivity index (χ4v) is 2.71. The third kappa shape index (κ3) is 2.41. The maximum atomic E-state index is 14.3. The van der Waals surface area contributed by atoms with Crippen molar-refractivity contribution in [3.8, 4) is 0 Å². The van der Waals surface area contributed by atoms with E-state index in [0.29, 0.717) is 0 Å². The number of halogens is 5. The number of hydrogen-bond acceptors (Lipinski definition) is 5. The van der Waals surface area contributed by atoms with Crippen LogP contribution in [0.3, 0.4) is 0 Å². The summed E-state index contributed by atoms with van der Waals surface area (Å²) < 4.78 is 73.1. The standard InChI is InChI=1S/C13H16F5N3O3/c1-6-20-8(9(19)21(6)2)11(23,12(14,15)13(16,17)18)7-4-3-5-24-10(7)22/h7,23H,3-5,19H2,1-2H3. The van der Waals surface area contributed by atoms with Crippen molar-refractivity contribution in [2.75, 3.05) is 12.3 Å². The summed E-state index contributed by atoms with van der Waals surface area (Å²) in [5, 5.41) is 10.5. The van der Waals surface area contributed by atoms with Gasteiger partial charge >= 0.3 is 18.1 Å².